The summed E-state index contributed by atoms with van der Waals surface area (Å²) in [5.74, 6) is -1.69. The van der Waals surface area contributed by atoms with Crippen LogP contribution in [0.25, 0.3) is 0 Å². The number of carboxylic acid groups (broad SMARTS) is 1. The maximum absolute atomic E-state index is 11.8. The molecule has 0 atom stereocenters. The molecule has 18 heavy (non-hydrogen) atoms. The van der Waals surface area contributed by atoms with Gasteiger partial charge >= 0.3 is 12.0 Å². The topological polar surface area (TPSA) is 86.7 Å². The predicted molar refractivity (Wildman–Crippen MR) is 67.0 cm³/mol. The standard InChI is InChI=1S/C12H20N2O4/c1-8(2)7-14(9(3)4)12(18)13-10(15)5-6-11(16)17/h5-6,8-9H,7H2,1-4H3,(H,16,17)(H,13,15,18)/b6-5+. The van der Waals surface area contributed by atoms with Crippen molar-refractivity contribution in [1.82, 2.24) is 10.2 Å². The maximum Gasteiger partial charge on any atom is 0.328 e. The zero-order chi connectivity index (χ0) is 14.3. The predicted octanol–water partition coefficient (Wildman–Crippen LogP) is 1.23. The second-order valence-electron chi connectivity index (χ2n) is 4.61. The lowest BCUT2D eigenvalue weighted by molar-refractivity contribution is -0.131. The zero-order valence-electron chi connectivity index (χ0n) is 11.1. The SMILES string of the molecule is CC(C)CN(C(=O)NC(=O)/C=C/C(=O)O)C(C)C. The van der Waals surface area contributed by atoms with Crippen molar-refractivity contribution in [2.75, 3.05) is 6.54 Å². The first-order valence-electron chi connectivity index (χ1n) is 5.76. The first kappa shape index (κ1) is 16.1. The Labute approximate surface area is 107 Å². The van der Waals surface area contributed by atoms with Crippen LogP contribution in [-0.2, 0) is 9.59 Å². The largest absolute Gasteiger partial charge is 0.478 e. The van der Waals surface area contributed by atoms with Crippen LogP contribution < -0.4 is 5.32 Å². The van der Waals surface area contributed by atoms with Crippen LogP contribution in [0.2, 0.25) is 0 Å². The molecule has 6 heteroatoms. The Balaban J connectivity index is 4.51. The van der Waals surface area contributed by atoms with Crippen molar-refractivity contribution in [2.24, 2.45) is 5.92 Å². The molecule has 0 saturated carbocycles. The Bertz CT molecular complexity index is 348. The van der Waals surface area contributed by atoms with E-state index in [0.717, 1.165) is 6.08 Å². The van der Waals surface area contributed by atoms with Gasteiger partial charge < -0.3 is 10.0 Å². The van der Waals surface area contributed by atoms with Crippen molar-refractivity contribution in [1.29, 1.82) is 0 Å². The quantitative estimate of drug-likeness (QED) is 0.724. The fourth-order valence-corrected chi connectivity index (χ4v) is 1.29. The van der Waals surface area contributed by atoms with E-state index in [1.165, 1.54) is 4.90 Å². The van der Waals surface area contributed by atoms with Crippen LogP contribution in [0.5, 0.6) is 0 Å². The van der Waals surface area contributed by atoms with Gasteiger partial charge in [0.2, 0.25) is 0 Å². The number of nitrogens with one attached hydrogen (secondary N) is 1. The van der Waals surface area contributed by atoms with Crippen LogP contribution in [0.15, 0.2) is 12.2 Å². The number of hydrogen-bond acceptors (Lipinski definition) is 3. The molecular formula is C12H20N2O4. The van der Waals surface area contributed by atoms with E-state index in [-0.39, 0.29) is 12.0 Å². The van der Waals surface area contributed by atoms with E-state index in [0.29, 0.717) is 12.6 Å². The van der Waals surface area contributed by atoms with Crippen molar-refractivity contribution in [3.05, 3.63) is 12.2 Å². The molecule has 0 unspecified atom stereocenters. The van der Waals surface area contributed by atoms with Gasteiger partial charge in [-0.15, -0.1) is 0 Å². The van der Waals surface area contributed by atoms with Gasteiger partial charge in [0.1, 0.15) is 0 Å². The molecule has 0 radical (unpaired) electrons. The van der Waals surface area contributed by atoms with Gasteiger partial charge in [-0.1, -0.05) is 13.8 Å². The van der Waals surface area contributed by atoms with Crippen molar-refractivity contribution >= 4 is 17.9 Å². The number of carboxylic acids is 1. The minimum absolute atomic E-state index is 0.0383. The summed E-state index contributed by atoms with van der Waals surface area (Å²) in [6, 6.07) is -0.553. The van der Waals surface area contributed by atoms with E-state index in [4.69, 9.17) is 5.11 Å². The minimum Gasteiger partial charge on any atom is -0.478 e. The van der Waals surface area contributed by atoms with Gasteiger partial charge in [-0.05, 0) is 19.8 Å². The summed E-state index contributed by atoms with van der Waals surface area (Å²) in [4.78, 5) is 34.8. The van der Waals surface area contributed by atoms with Gasteiger partial charge in [-0.25, -0.2) is 9.59 Å². The Kier molecular flexibility index (Phi) is 6.70. The molecule has 0 aromatic rings. The number of rotatable bonds is 5. The van der Waals surface area contributed by atoms with E-state index in [1.807, 2.05) is 27.7 Å². The van der Waals surface area contributed by atoms with Gasteiger partial charge in [0.05, 0.1) is 0 Å². The Morgan fingerprint density at radius 1 is 1.17 bits per heavy atom. The molecule has 0 saturated heterocycles. The summed E-state index contributed by atoms with van der Waals surface area (Å²) in [6.07, 6.45) is 1.50. The molecule has 0 aliphatic rings. The highest BCUT2D eigenvalue weighted by molar-refractivity contribution is 6.02. The Morgan fingerprint density at radius 3 is 2.11 bits per heavy atom. The van der Waals surface area contributed by atoms with E-state index in [9.17, 15) is 14.4 Å². The number of amides is 3. The average molecular weight is 256 g/mol. The fraction of sp³-hybridized carbons (Fsp3) is 0.583. The lowest BCUT2D eigenvalue weighted by Gasteiger charge is -2.28. The van der Waals surface area contributed by atoms with Crippen LogP contribution in [0.4, 0.5) is 4.79 Å². The molecule has 0 aliphatic heterocycles. The highest BCUT2D eigenvalue weighted by Crippen LogP contribution is 2.04. The summed E-state index contributed by atoms with van der Waals surface area (Å²) >= 11 is 0. The summed E-state index contributed by atoms with van der Waals surface area (Å²) in [5, 5.41) is 10.5. The molecule has 6 nitrogen and oxygen atoms in total. The van der Waals surface area contributed by atoms with E-state index in [1.54, 1.807) is 0 Å². The van der Waals surface area contributed by atoms with Gasteiger partial charge in [-0.2, -0.15) is 0 Å². The Hall–Kier alpha value is -1.85. The van der Waals surface area contributed by atoms with E-state index < -0.39 is 17.9 Å². The van der Waals surface area contributed by atoms with Gasteiger partial charge in [0, 0.05) is 24.7 Å². The van der Waals surface area contributed by atoms with Crippen LogP contribution in [-0.4, -0.2) is 40.5 Å². The number of carbonyl (C=O) groups is 3. The van der Waals surface area contributed by atoms with Crippen LogP contribution in [0, 0.1) is 5.92 Å². The van der Waals surface area contributed by atoms with Crippen LogP contribution in [0.1, 0.15) is 27.7 Å². The lowest BCUT2D eigenvalue weighted by Crippen LogP contribution is -2.47. The second-order valence-corrected chi connectivity index (χ2v) is 4.61. The third-order valence-electron chi connectivity index (χ3n) is 2.05. The summed E-state index contributed by atoms with van der Waals surface area (Å²) in [7, 11) is 0. The number of imide groups is 1. The maximum atomic E-state index is 11.8. The van der Waals surface area contributed by atoms with Crippen molar-refractivity contribution in [2.45, 2.75) is 33.7 Å². The van der Waals surface area contributed by atoms with Crippen LogP contribution in [0.3, 0.4) is 0 Å². The molecule has 0 aromatic carbocycles. The second kappa shape index (κ2) is 7.47. The average Bonchev–Trinajstić information content (AvgIpc) is 2.22. The highest BCUT2D eigenvalue weighted by atomic mass is 16.4. The molecular weight excluding hydrogens is 236 g/mol. The molecule has 0 aromatic heterocycles. The summed E-state index contributed by atoms with van der Waals surface area (Å²) in [5.41, 5.74) is 0. The van der Waals surface area contributed by atoms with E-state index >= 15 is 0 Å². The van der Waals surface area contributed by atoms with E-state index in [2.05, 4.69) is 5.32 Å². The third-order valence-corrected chi connectivity index (χ3v) is 2.05. The molecule has 2 N–H and O–H groups in total. The molecule has 0 fully saturated rings. The van der Waals surface area contributed by atoms with Gasteiger partial charge in [0.15, 0.2) is 0 Å². The zero-order valence-corrected chi connectivity index (χ0v) is 11.1. The summed E-state index contributed by atoms with van der Waals surface area (Å²) < 4.78 is 0. The van der Waals surface area contributed by atoms with Crippen molar-refractivity contribution in [3.63, 3.8) is 0 Å². The molecule has 0 rings (SSSR count). The summed E-state index contributed by atoms with van der Waals surface area (Å²) in [6.45, 7) is 8.15. The monoisotopic (exact) mass is 256 g/mol. The first-order chi connectivity index (χ1) is 8.23. The molecule has 0 aliphatic carbocycles. The molecule has 102 valence electrons. The van der Waals surface area contributed by atoms with Gasteiger partial charge in [-0.3, -0.25) is 10.1 Å². The van der Waals surface area contributed by atoms with Crippen molar-refractivity contribution < 1.29 is 19.5 Å². The highest BCUT2D eigenvalue weighted by Gasteiger charge is 2.19. The van der Waals surface area contributed by atoms with Crippen molar-refractivity contribution in [3.8, 4) is 0 Å². The Morgan fingerprint density at radius 2 is 1.72 bits per heavy atom. The number of nitrogens with zero attached hydrogens (tertiary/aromatic N) is 1. The smallest absolute Gasteiger partial charge is 0.328 e. The lowest BCUT2D eigenvalue weighted by atomic mass is 10.2. The third kappa shape index (κ3) is 6.67. The molecule has 0 bridgehead atoms. The van der Waals surface area contributed by atoms with Gasteiger partial charge in [0.25, 0.3) is 5.91 Å². The number of aliphatic carboxylic acids is 1. The molecule has 0 spiro atoms. The fourth-order valence-electron chi connectivity index (χ4n) is 1.29. The van der Waals surface area contributed by atoms with Crippen LogP contribution >= 0.6 is 0 Å². The normalized spacial score (nSPS) is 11.0. The molecule has 3 amide bonds. The number of hydrogen-bond donors (Lipinski definition) is 2. The molecule has 0 heterocycles. The minimum atomic E-state index is -1.24. The number of carbonyl (C=O) groups excluding carboxylic acids is 2. The number of urea groups is 1. The first-order valence-corrected chi connectivity index (χ1v) is 5.76.